The van der Waals surface area contributed by atoms with Crippen molar-refractivity contribution in [2.24, 2.45) is 0 Å². The Hall–Kier alpha value is -19.2. The van der Waals surface area contributed by atoms with Crippen molar-refractivity contribution in [3.63, 3.8) is 0 Å². The number of aromatic nitrogens is 10. The topological polar surface area (TPSA) is 150 Å². The molecule has 0 atom stereocenters. The number of nitrogens with zero attached hydrogens (tertiary/aromatic N) is 10. The molecular formula is C129H80N10O4. The average molecular weight is 1830 g/mol. The maximum Gasteiger partial charge on any atom is 0.180 e. The van der Waals surface area contributed by atoms with Gasteiger partial charge in [0.2, 0.25) is 0 Å². The average Bonchev–Trinajstić information content (AvgIpc) is 1.67. The monoisotopic (exact) mass is 1830 g/mol. The molecule has 0 spiro atoms. The fraction of sp³-hybridized carbons (Fsp3) is 0.0233. The van der Waals surface area contributed by atoms with E-state index in [0.717, 1.165) is 177 Å². The number of rotatable bonds is 10. The standard InChI is InChI=1S/C46H28N4O.C43H29N3O.C40H23N3O2/c1-3-14-29(15-4-1)46-47-41(45-42(48-46)37-22-9-12-25-40(37)51-45)30-16-13-19-32(28-30)50-39-24-11-8-21-34(39)36-27-26-35-33-20-7-10-23-38(33)49(43(35)44(36)50)31-17-5-2-6-18-31;1-43(2)34-20-9-6-17-29(34)31-23-24-32-30-18-7-10-21-35(30)46(40(32)37(31)43)28-16-12-15-27(25-28)38-41-39(33-19-8-11-22-36(33)47-41)45-42(44-38)26-13-4-3-5-14-26;1-2-12-24(13-3-1)40-41-35(39-36(42-40)30-17-7-11-21-34(30)45-39)29-16-5-9-19-32(29)43-31-18-8-4-14-25(31)27-22-23-28-26-15-6-10-20-33(26)44-38(28)37(27)43/h1-28H;3-25H,1-2H3;1-23H. The van der Waals surface area contributed by atoms with Crippen molar-refractivity contribution in [2.45, 2.75) is 19.3 Å². The van der Waals surface area contributed by atoms with Crippen LogP contribution in [-0.2, 0) is 5.41 Å². The van der Waals surface area contributed by atoms with Crippen LogP contribution < -0.4 is 0 Å². The van der Waals surface area contributed by atoms with Gasteiger partial charge in [0.25, 0.3) is 0 Å². The van der Waals surface area contributed by atoms with Crippen LogP contribution in [0.15, 0.2) is 467 Å². The minimum Gasteiger partial charge on any atom is -0.454 e. The van der Waals surface area contributed by atoms with Crippen LogP contribution in [0.1, 0.15) is 25.0 Å². The zero-order chi connectivity index (χ0) is 94.2. The molecule has 0 bridgehead atoms. The minimum absolute atomic E-state index is 0.160. The van der Waals surface area contributed by atoms with Gasteiger partial charge in [0.1, 0.15) is 56.0 Å². The second-order valence-corrected chi connectivity index (χ2v) is 37.3. The van der Waals surface area contributed by atoms with Gasteiger partial charge in [0.05, 0.1) is 49.8 Å². The fourth-order valence-corrected chi connectivity index (χ4v) is 22.6. The van der Waals surface area contributed by atoms with Crippen LogP contribution in [0.3, 0.4) is 0 Å². The largest absolute Gasteiger partial charge is 0.454 e. The SMILES string of the molecule is CC1(C)c2ccccc2-c2ccc3c4ccccc4n(-c4cccc(-c5nc(-c6ccccc6)nc6c5oc5ccccc56)c4)c3c21.c1ccc(-c2nc(-c3cccc(-n4c5ccccc5c5ccc6c7ccccc7n(-c7ccccc7)c6c54)c3)c3oc4ccccc4c3n2)cc1.c1ccc(-c2nc(-c3ccccc3-n3c4ccccc4c4ccc5c6ccccc6oc5c43)c3oc4ccccc4c3n2)cc1. The van der Waals surface area contributed by atoms with E-state index in [-0.39, 0.29) is 5.41 Å². The van der Waals surface area contributed by atoms with Crippen molar-refractivity contribution in [1.29, 1.82) is 0 Å². The molecule has 11 heterocycles. The molecule has 0 amide bonds. The molecule has 1 aliphatic rings. The molecule has 0 N–H and O–H groups in total. The Labute approximate surface area is 816 Å². The molecule has 1 aliphatic carbocycles. The number of furan rings is 4. The summed E-state index contributed by atoms with van der Waals surface area (Å²) in [7, 11) is 0. The molecule has 19 aromatic carbocycles. The lowest BCUT2D eigenvalue weighted by molar-refractivity contribution is 0.664. The zero-order valence-electron chi connectivity index (χ0n) is 77.3. The van der Waals surface area contributed by atoms with Gasteiger partial charge in [-0.3, -0.25) is 0 Å². The summed E-state index contributed by atoms with van der Waals surface area (Å²) in [6.07, 6.45) is 0. The van der Waals surface area contributed by atoms with Gasteiger partial charge in [0.15, 0.2) is 39.8 Å². The normalized spacial score (nSPS) is 12.5. The number of hydrogen-bond donors (Lipinski definition) is 0. The summed E-state index contributed by atoms with van der Waals surface area (Å²) >= 11 is 0. The maximum atomic E-state index is 6.63. The maximum absolute atomic E-state index is 6.63. The summed E-state index contributed by atoms with van der Waals surface area (Å²) in [4.78, 5) is 30.7. The molecule has 0 saturated heterocycles. The van der Waals surface area contributed by atoms with Crippen LogP contribution in [0.4, 0.5) is 0 Å². The first kappa shape index (κ1) is 81.0. The molecule has 670 valence electrons. The minimum atomic E-state index is -0.160. The molecule has 0 unspecified atom stereocenters. The van der Waals surface area contributed by atoms with Gasteiger partial charge in [0, 0.05) is 126 Å². The van der Waals surface area contributed by atoms with E-state index >= 15 is 0 Å². The van der Waals surface area contributed by atoms with Gasteiger partial charge in [-0.25, -0.2) is 29.9 Å². The van der Waals surface area contributed by atoms with Crippen LogP contribution in [0.25, 0.3) is 277 Å². The number of para-hydroxylation sites is 10. The van der Waals surface area contributed by atoms with E-state index in [4.69, 9.17) is 47.6 Å². The molecule has 31 rings (SSSR count). The Morgan fingerprint density at radius 2 is 0.524 bits per heavy atom. The first-order valence-corrected chi connectivity index (χ1v) is 48.3. The van der Waals surface area contributed by atoms with Crippen LogP contribution in [0.2, 0.25) is 0 Å². The second-order valence-electron chi connectivity index (χ2n) is 37.3. The van der Waals surface area contributed by atoms with Gasteiger partial charge in [-0.1, -0.05) is 347 Å². The highest BCUT2D eigenvalue weighted by Gasteiger charge is 2.39. The van der Waals surface area contributed by atoms with E-state index in [1.807, 2.05) is 133 Å². The molecule has 11 aromatic heterocycles. The molecule has 14 heteroatoms. The van der Waals surface area contributed by atoms with Gasteiger partial charge >= 0.3 is 0 Å². The first-order valence-electron chi connectivity index (χ1n) is 48.3. The van der Waals surface area contributed by atoms with Crippen molar-refractivity contribution in [2.75, 3.05) is 0 Å². The molecule has 14 nitrogen and oxygen atoms in total. The molecule has 30 aromatic rings. The van der Waals surface area contributed by atoms with Gasteiger partial charge in [-0.05, 0) is 138 Å². The lowest BCUT2D eigenvalue weighted by atomic mass is 9.81. The van der Waals surface area contributed by atoms with Gasteiger partial charge in [-0.15, -0.1) is 0 Å². The highest BCUT2D eigenvalue weighted by atomic mass is 16.3. The van der Waals surface area contributed by atoms with Crippen molar-refractivity contribution in [3.05, 3.63) is 460 Å². The number of fused-ring (bicyclic) bond motifs is 30. The Morgan fingerprint density at radius 1 is 0.203 bits per heavy atom. The zero-order valence-corrected chi connectivity index (χ0v) is 77.3. The highest BCUT2D eigenvalue weighted by molar-refractivity contribution is 6.26. The Morgan fingerprint density at radius 3 is 1.01 bits per heavy atom. The second kappa shape index (κ2) is 32.0. The summed E-state index contributed by atoms with van der Waals surface area (Å²) in [5.41, 5.74) is 35.3. The molecule has 0 fully saturated rings. The molecule has 0 aliphatic heterocycles. The van der Waals surface area contributed by atoms with E-state index in [9.17, 15) is 0 Å². The lowest BCUT2D eigenvalue weighted by Gasteiger charge is -2.23. The number of benzene rings is 19. The molecular weight excluding hydrogens is 1750 g/mol. The quantitative estimate of drug-likeness (QED) is 0.129. The molecule has 0 radical (unpaired) electrons. The lowest BCUT2D eigenvalue weighted by Crippen LogP contribution is -2.16. The van der Waals surface area contributed by atoms with Crippen LogP contribution >= 0.6 is 0 Å². The predicted molar refractivity (Wildman–Crippen MR) is 583 cm³/mol. The Kier molecular flexibility index (Phi) is 18.1. The van der Waals surface area contributed by atoms with Crippen LogP contribution in [0.5, 0.6) is 0 Å². The van der Waals surface area contributed by atoms with Crippen LogP contribution in [-0.4, -0.2) is 48.2 Å². The summed E-state index contributed by atoms with van der Waals surface area (Å²) in [6.45, 7) is 4.72. The van der Waals surface area contributed by atoms with Crippen molar-refractivity contribution in [3.8, 4) is 102 Å². The van der Waals surface area contributed by atoms with E-state index < -0.39 is 0 Å². The summed E-state index contributed by atoms with van der Waals surface area (Å²) < 4.78 is 35.8. The summed E-state index contributed by atoms with van der Waals surface area (Å²) in [5.74, 6) is 2.00. The highest BCUT2D eigenvalue weighted by Crippen LogP contribution is 2.55. The predicted octanol–water partition coefficient (Wildman–Crippen LogP) is 33.7. The van der Waals surface area contributed by atoms with E-state index in [2.05, 4.69) is 348 Å². The Bertz CT molecular complexity index is 10500. The van der Waals surface area contributed by atoms with E-state index in [1.54, 1.807) is 0 Å². The summed E-state index contributed by atoms with van der Waals surface area (Å²) in [5, 5.41) is 14.8. The van der Waals surface area contributed by atoms with E-state index in [1.165, 1.54) is 76.6 Å². The molecule has 143 heavy (non-hydrogen) atoms. The first-order chi connectivity index (χ1) is 70.7. The van der Waals surface area contributed by atoms with Gasteiger partial charge in [-0.2, -0.15) is 0 Å². The van der Waals surface area contributed by atoms with Crippen molar-refractivity contribution < 1.29 is 17.7 Å². The smallest absolute Gasteiger partial charge is 0.180 e. The fourth-order valence-electron chi connectivity index (χ4n) is 22.6. The van der Waals surface area contributed by atoms with Crippen molar-refractivity contribution in [1.82, 2.24) is 48.2 Å². The van der Waals surface area contributed by atoms with Gasteiger partial charge < -0.3 is 35.9 Å². The molecule has 0 saturated carbocycles. The summed E-state index contributed by atoms with van der Waals surface area (Å²) in [6, 6.07) is 157. The van der Waals surface area contributed by atoms with Crippen molar-refractivity contribution >= 4 is 175 Å². The van der Waals surface area contributed by atoms with Crippen LogP contribution in [0, 0.1) is 0 Å². The third-order valence-electron chi connectivity index (χ3n) is 28.9. The van der Waals surface area contributed by atoms with E-state index in [0.29, 0.717) is 34.2 Å². The Balaban J connectivity index is 0.000000102. The third kappa shape index (κ3) is 12.6. The number of hydrogen-bond acceptors (Lipinski definition) is 10. The third-order valence-corrected chi connectivity index (χ3v) is 28.9.